The van der Waals surface area contributed by atoms with Crippen molar-refractivity contribution in [2.45, 2.75) is 19.4 Å². The van der Waals surface area contributed by atoms with Crippen molar-refractivity contribution < 1.29 is 13.2 Å². The topological polar surface area (TPSA) is 118 Å². The number of aliphatic imine (C=N–C) groups is 1. The number of hydrogen-bond acceptors (Lipinski definition) is 5. The Labute approximate surface area is 108 Å². The van der Waals surface area contributed by atoms with Crippen molar-refractivity contribution >= 4 is 16.0 Å². The highest BCUT2D eigenvalue weighted by Crippen LogP contribution is 1.85. The van der Waals surface area contributed by atoms with Crippen LogP contribution in [0.15, 0.2) is 4.99 Å². The predicted molar refractivity (Wildman–Crippen MR) is 71.6 cm³/mol. The van der Waals surface area contributed by atoms with Crippen molar-refractivity contribution in [3.63, 3.8) is 0 Å². The Morgan fingerprint density at radius 2 is 2.17 bits per heavy atom. The lowest BCUT2D eigenvalue weighted by molar-refractivity contribution is 0.179. The number of sulfonamides is 1. The monoisotopic (exact) mass is 281 g/mol. The minimum Gasteiger partial charge on any atom is -0.383 e. The van der Waals surface area contributed by atoms with Gasteiger partial charge in [-0.05, 0) is 13.3 Å². The molecule has 18 heavy (non-hydrogen) atoms. The van der Waals surface area contributed by atoms with E-state index in [1.54, 1.807) is 7.11 Å². The zero-order valence-electron chi connectivity index (χ0n) is 11.1. The smallest absolute Gasteiger partial charge is 0.208 e. The molecule has 0 aromatic rings. The van der Waals surface area contributed by atoms with Gasteiger partial charge >= 0.3 is 0 Å². The molecule has 0 radical (unpaired) electrons. The van der Waals surface area contributed by atoms with E-state index in [1.165, 1.54) is 0 Å². The molecular weight excluding hydrogens is 258 g/mol. The molecule has 5 N–H and O–H groups in total. The molecule has 0 saturated heterocycles. The van der Waals surface area contributed by atoms with Crippen LogP contribution in [0.5, 0.6) is 0 Å². The van der Waals surface area contributed by atoms with Gasteiger partial charge in [-0.1, -0.05) is 0 Å². The van der Waals surface area contributed by atoms with E-state index in [4.69, 9.17) is 10.6 Å². The molecule has 0 aromatic carbocycles. The van der Waals surface area contributed by atoms with Crippen molar-refractivity contribution in [2.75, 3.05) is 33.1 Å². The first kappa shape index (κ1) is 17.1. The van der Waals surface area contributed by atoms with Gasteiger partial charge in [0.2, 0.25) is 16.0 Å². The molecule has 108 valence electrons. The lowest BCUT2D eigenvalue weighted by atomic mass is 10.4. The fraction of sp³-hybridized carbons (Fsp3) is 0.889. The largest absolute Gasteiger partial charge is 0.383 e. The highest BCUT2D eigenvalue weighted by Gasteiger charge is 2.03. The second kappa shape index (κ2) is 9.09. The molecule has 0 amide bonds. The minimum atomic E-state index is -3.13. The zero-order chi connectivity index (χ0) is 14.0. The van der Waals surface area contributed by atoms with Crippen LogP contribution in [0, 0.1) is 0 Å². The highest BCUT2D eigenvalue weighted by molar-refractivity contribution is 7.88. The number of nitrogens with two attached hydrogens (primary N) is 1. The number of rotatable bonds is 8. The molecule has 0 saturated carbocycles. The summed E-state index contributed by atoms with van der Waals surface area (Å²) in [5, 5.41) is 3.02. The summed E-state index contributed by atoms with van der Waals surface area (Å²) in [5.74, 6) is 5.76. The van der Waals surface area contributed by atoms with Gasteiger partial charge in [-0.3, -0.25) is 10.4 Å². The van der Waals surface area contributed by atoms with Gasteiger partial charge in [0, 0.05) is 26.2 Å². The van der Waals surface area contributed by atoms with Gasteiger partial charge in [-0.2, -0.15) is 0 Å². The maximum Gasteiger partial charge on any atom is 0.208 e. The third-order valence-corrected chi connectivity index (χ3v) is 2.63. The Morgan fingerprint density at radius 3 is 2.67 bits per heavy atom. The van der Waals surface area contributed by atoms with Gasteiger partial charge in [0.15, 0.2) is 0 Å². The van der Waals surface area contributed by atoms with Crippen LogP contribution in [0.2, 0.25) is 0 Å². The first-order valence-electron chi connectivity index (χ1n) is 5.60. The molecule has 0 aliphatic heterocycles. The number of ether oxygens (including phenoxy) is 1. The average Bonchev–Trinajstić information content (AvgIpc) is 2.25. The molecule has 0 bridgehead atoms. The minimum absolute atomic E-state index is 0.0824. The summed E-state index contributed by atoms with van der Waals surface area (Å²) in [4.78, 5) is 4.16. The predicted octanol–water partition coefficient (Wildman–Crippen LogP) is -1.63. The summed E-state index contributed by atoms with van der Waals surface area (Å²) >= 11 is 0. The van der Waals surface area contributed by atoms with Crippen LogP contribution in [0.3, 0.4) is 0 Å². The third kappa shape index (κ3) is 10.3. The average molecular weight is 281 g/mol. The lowest BCUT2D eigenvalue weighted by Gasteiger charge is -2.15. The maximum absolute atomic E-state index is 10.8. The first-order chi connectivity index (χ1) is 8.39. The van der Waals surface area contributed by atoms with E-state index in [0.29, 0.717) is 32.1 Å². The quantitative estimate of drug-likeness (QED) is 0.139. The molecule has 9 heteroatoms. The Balaban J connectivity index is 3.91. The number of hydrogen-bond donors (Lipinski definition) is 4. The Bertz CT molecular complexity index is 344. The molecule has 0 spiro atoms. The number of nitrogens with one attached hydrogen (secondary N) is 3. The first-order valence-corrected chi connectivity index (χ1v) is 7.49. The second-order valence-corrected chi connectivity index (χ2v) is 5.73. The van der Waals surface area contributed by atoms with Gasteiger partial charge in [0.25, 0.3) is 0 Å². The summed E-state index contributed by atoms with van der Waals surface area (Å²) in [5.41, 5.74) is 2.44. The number of nitrogens with zero attached hydrogens (tertiary/aromatic N) is 1. The van der Waals surface area contributed by atoms with E-state index in [-0.39, 0.29) is 6.04 Å². The van der Waals surface area contributed by atoms with Gasteiger partial charge in [-0.25, -0.2) is 19.0 Å². The Hall–Kier alpha value is -0.900. The second-order valence-electron chi connectivity index (χ2n) is 3.90. The SMILES string of the molecule is COCC(C)NC(=NCCCNS(C)(=O)=O)NN. The Kier molecular flexibility index (Phi) is 8.63. The van der Waals surface area contributed by atoms with Crippen LogP contribution in [0.4, 0.5) is 0 Å². The zero-order valence-corrected chi connectivity index (χ0v) is 11.9. The molecule has 1 unspecified atom stereocenters. The van der Waals surface area contributed by atoms with E-state index < -0.39 is 10.0 Å². The van der Waals surface area contributed by atoms with Crippen molar-refractivity contribution in [1.29, 1.82) is 0 Å². The fourth-order valence-electron chi connectivity index (χ4n) is 1.19. The van der Waals surface area contributed by atoms with E-state index >= 15 is 0 Å². The molecule has 0 heterocycles. The van der Waals surface area contributed by atoms with Crippen LogP contribution >= 0.6 is 0 Å². The van der Waals surface area contributed by atoms with Crippen LogP contribution < -0.4 is 21.3 Å². The molecular formula is C9H23N5O3S. The molecule has 0 fully saturated rings. The van der Waals surface area contributed by atoms with Gasteiger partial charge in [-0.15, -0.1) is 0 Å². The number of hydrazine groups is 1. The summed E-state index contributed by atoms with van der Waals surface area (Å²) in [6.07, 6.45) is 1.72. The third-order valence-electron chi connectivity index (χ3n) is 1.91. The van der Waals surface area contributed by atoms with Crippen LogP contribution in [-0.2, 0) is 14.8 Å². The number of methoxy groups -OCH3 is 1. The van der Waals surface area contributed by atoms with Crippen LogP contribution in [0.25, 0.3) is 0 Å². The van der Waals surface area contributed by atoms with E-state index in [9.17, 15) is 8.42 Å². The lowest BCUT2D eigenvalue weighted by Crippen LogP contribution is -2.47. The normalized spacial score (nSPS) is 14.3. The van der Waals surface area contributed by atoms with Gasteiger partial charge in [0.1, 0.15) is 0 Å². The maximum atomic E-state index is 10.8. The summed E-state index contributed by atoms with van der Waals surface area (Å²) < 4.78 is 28.9. The molecule has 8 nitrogen and oxygen atoms in total. The molecule has 0 aliphatic rings. The molecule has 0 aromatic heterocycles. The van der Waals surface area contributed by atoms with E-state index in [2.05, 4.69) is 20.5 Å². The van der Waals surface area contributed by atoms with Crippen molar-refractivity contribution in [3.05, 3.63) is 0 Å². The van der Waals surface area contributed by atoms with Gasteiger partial charge in [0.05, 0.1) is 12.9 Å². The number of guanidine groups is 1. The van der Waals surface area contributed by atoms with E-state index in [1.807, 2.05) is 6.92 Å². The fourth-order valence-corrected chi connectivity index (χ4v) is 1.70. The molecule has 1 atom stereocenters. The molecule has 0 rings (SSSR count). The van der Waals surface area contributed by atoms with Crippen LogP contribution in [-0.4, -0.2) is 53.5 Å². The van der Waals surface area contributed by atoms with Gasteiger partial charge < -0.3 is 10.1 Å². The van der Waals surface area contributed by atoms with Crippen LogP contribution in [0.1, 0.15) is 13.3 Å². The summed E-state index contributed by atoms with van der Waals surface area (Å²) in [7, 11) is -1.51. The van der Waals surface area contributed by atoms with E-state index in [0.717, 1.165) is 6.26 Å². The summed E-state index contributed by atoms with van der Waals surface area (Å²) in [6, 6.07) is 0.0824. The highest BCUT2D eigenvalue weighted by atomic mass is 32.2. The van der Waals surface area contributed by atoms with Crippen molar-refractivity contribution in [3.8, 4) is 0 Å². The molecule has 0 aliphatic carbocycles. The van der Waals surface area contributed by atoms with Crippen molar-refractivity contribution in [2.24, 2.45) is 10.8 Å². The summed E-state index contributed by atoms with van der Waals surface area (Å²) in [6.45, 7) is 3.29. The van der Waals surface area contributed by atoms with Crippen molar-refractivity contribution in [1.82, 2.24) is 15.5 Å². The standard InChI is InChI=1S/C9H23N5O3S/c1-8(7-17-2)13-9(14-10)11-5-4-6-12-18(3,15)16/h8,12H,4-7,10H2,1-3H3,(H2,11,13,14). The Morgan fingerprint density at radius 1 is 1.50 bits per heavy atom.